The number of Topliss-reactive ketones (excluding diaryl/α,β-unsaturated/α-hetero) is 1. The lowest BCUT2D eigenvalue weighted by atomic mass is 9.71. The zero-order chi connectivity index (χ0) is 26.7. The first-order valence-corrected chi connectivity index (χ1v) is 12.6. The van der Waals surface area contributed by atoms with Gasteiger partial charge in [-0.2, -0.15) is 0 Å². The number of carbonyl (C=O) groups excluding carboxylic acids is 2. The number of benzene rings is 2. The van der Waals surface area contributed by atoms with E-state index >= 15 is 0 Å². The van der Waals surface area contributed by atoms with Gasteiger partial charge in [0.1, 0.15) is 5.75 Å². The quantitative estimate of drug-likeness (QED) is 0.480. The van der Waals surface area contributed by atoms with Gasteiger partial charge in [-0.1, -0.05) is 31.2 Å². The largest absolute Gasteiger partial charge is 0.496 e. The van der Waals surface area contributed by atoms with Crippen LogP contribution in [0.25, 0.3) is 0 Å². The molecule has 0 amide bonds. The van der Waals surface area contributed by atoms with Crippen LogP contribution < -0.4 is 19.5 Å². The van der Waals surface area contributed by atoms with Crippen molar-refractivity contribution in [2.75, 3.05) is 21.3 Å². The van der Waals surface area contributed by atoms with Crippen LogP contribution in [0.3, 0.4) is 0 Å². The van der Waals surface area contributed by atoms with Crippen LogP contribution in [0.4, 0.5) is 0 Å². The van der Waals surface area contributed by atoms with E-state index in [0.29, 0.717) is 53.4 Å². The van der Waals surface area contributed by atoms with Crippen molar-refractivity contribution >= 4 is 11.8 Å². The van der Waals surface area contributed by atoms with Crippen molar-refractivity contribution in [2.24, 2.45) is 0 Å². The Balaban J connectivity index is 1.79. The maximum Gasteiger partial charge on any atom is 0.337 e. The Morgan fingerprint density at radius 3 is 2.38 bits per heavy atom. The topological polar surface area (TPSA) is 83.1 Å². The van der Waals surface area contributed by atoms with Gasteiger partial charge in [-0.3, -0.25) is 4.79 Å². The summed E-state index contributed by atoms with van der Waals surface area (Å²) < 4.78 is 22.3. The number of nitrogens with one attached hydrogen (secondary N) is 1. The van der Waals surface area contributed by atoms with Crippen molar-refractivity contribution in [2.45, 2.75) is 58.0 Å². The molecule has 0 saturated carbocycles. The summed E-state index contributed by atoms with van der Waals surface area (Å²) in [6.45, 7) is 5.70. The molecule has 0 aromatic heterocycles. The van der Waals surface area contributed by atoms with Crippen LogP contribution >= 0.6 is 0 Å². The average Bonchev–Trinajstić information content (AvgIpc) is 2.91. The number of dihydropyridines is 1. The molecule has 37 heavy (non-hydrogen) atoms. The maximum atomic E-state index is 13.9. The molecule has 1 heterocycles. The molecule has 2 aromatic carbocycles. The predicted molar refractivity (Wildman–Crippen MR) is 141 cm³/mol. The van der Waals surface area contributed by atoms with Crippen molar-refractivity contribution in [3.05, 3.63) is 76.1 Å². The Hall–Kier alpha value is -3.74. The fraction of sp³-hybridized carbons (Fsp3) is 0.400. The van der Waals surface area contributed by atoms with E-state index in [1.807, 2.05) is 63.2 Å². The van der Waals surface area contributed by atoms with Gasteiger partial charge in [0.05, 0.1) is 38.9 Å². The molecule has 0 saturated heterocycles. The van der Waals surface area contributed by atoms with Crippen LogP contribution in [0.15, 0.2) is 65.0 Å². The number of carbonyl (C=O) groups is 2. The first kappa shape index (κ1) is 26.3. The van der Waals surface area contributed by atoms with Gasteiger partial charge in [0.15, 0.2) is 17.3 Å². The molecule has 2 aromatic rings. The van der Waals surface area contributed by atoms with Crippen LogP contribution in [0, 0.1) is 0 Å². The summed E-state index contributed by atoms with van der Waals surface area (Å²) in [5.41, 5.74) is 4.32. The highest BCUT2D eigenvalue weighted by Gasteiger charge is 2.42. The SMILES string of the molecule is CC[C@@H](C)OC(=O)C1=C(C)NC2=C(C(=O)C[C@H](c3ccc(OC)c(OC)c3)C2)[C@@H]1c1ccccc1OC. The van der Waals surface area contributed by atoms with Crippen molar-refractivity contribution in [1.29, 1.82) is 0 Å². The highest BCUT2D eigenvalue weighted by molar-refractivity contribution is 6.04. The lowest BCUT2D eigenvalue weighted by Gasteiger charge is -2.37. The number of methoxy groups -OCH3 is 3. The molecular weight excluding hydrogens is 470 g/mol. The van der Waals surface area contributed by atoms with E-state index in [-0.39, 0.29) is 17.8 Å². The summed E-state index contributed by atoms with van der Waals surface area (Å²) >= 11 is 0. The molecule has 7 heteroatoms. The summed E-state index contributed by atoms with van der Waals surface area (Å²) in [6, 6.07) is 13.3. The highest BCUT2D eigenvalue weighted by Crippen LogP contribution is 2.48. The van der Waals surface area contributed by atoms with E-state index in [2.05, 4.69) is 5.32 Å². The Kier molecular flexibility index (Phi) is 7.91. The number of allylic oxidation sites excluding steroid dienone is 3. The lowest BCUT2D eigenvalue weighted by molar-refractivity contribution is -0.144. The molecule has 196 valence electrons. The molecule has 1 aliphatic heterocycles. The minimum atomic E-state index is -0.581. The number of para-hydroxylation sites is 1. The first-order valence-electron chi connectivity index (χ1n) is 12.6. The number of esters is 1. The molecule has 0 bridgehead atoms. The molecule has 0 radical (unpaired) electrons. The van der Waals surface area contributed by atoms with Crippen molar-refractivity contribution in [3.8, 4) is 17.2 Å². The van der Waals surface area contributed by atoms with Crippen molar-refractivity contribution in [3.63, 3.8) is 0 Å². The Morgan fingerprint density at radius 1 is 1.00 bits per heavy atom. The molecular formula is C30H35NO6. The zero-order valence-electron chi connectivity index (χ0n) is 22.3. The molecule has 4 rings (SSSR count). The fourth-order valence-corrected chi connectivity index (χ4v) is 5.20. The van der Waals surface area contributed by atoms with Crippen LogP contribution in [0.2, 0.25) is 0 Å². The number of rotatable bonds is 8. The third-order valence-corrected chi connectivity index (χ3v) is 7.26. The second-order valence-electron chi connectivity index (χ2n) is 9.50. The van der Waals surface area contributed by atoms with E-state index in [9.17, 15) is 9.59 Å². The minimum absolute atomic E-state index is 0.00854. The smallest absolute Gasteiger partial charge is 0.337 e. The summed E-state index contributed by atoms with van der Waals surface area (Å²) in [7, 11) is 4.79. The second kappa shape index (κ2) is 11.1. The molecule has 3 atom stereocenters. The Morgan fingerprint density at radius 2 is 1.70 bits per heavy atom. The van der Waals surface area contributed by atoms with Crippen LogP contribution in [-0.4, -0.2) is 39.2 Å². The Labute approximate surface area is 218 Å². The van der Waals surface area contributed by atoms with Crippen molar-refractivity contribution < 1.29 is 28.5 Å². The molecule has 2 aliphatic rings. The summed E-state index contributed by atoms with van der Waals surface area (Å²) in [5.74, 6) is 0.839. The van der Waals surface area contributed by atoms with Gasteiger partial charge in [-0.15, -0.1) is 0 Å². The van der Waals surface area contributed by atoms with E-state index in [4.69, 9.17) is 18.9 Å². The molecule has 1 N–H and O–H groups in total. The predicted octanol–water partition coefficient (Wildman–Crippen LogP) is 5.42. The first-order chi connectivity index (χ1) is 17.8. The van der Waals surface area contributed by atoms with Gasteiger partial charge in [0.25, 0.3) is 0 Å². The van der Waals surface area contributed by atoms with Gasteiger partial charge in [-0.25, -0.2) is 4.79 Å². The number of ether oxygens (including phenoxy) is 4. The van der Waals surface area contributed by atoms with Crippen LogP contribution in [0.1, 0.15) is 63.0 Å². The minimum Gasteiger partial charge on any atom is -0.496 e. The standard InChI is InChI=1S/C30H35NO6/c1-7-17(2)37-30(33)27-18(3)31-22-14-20(19-12-13-25(35-5)26(16-19)36-6)15-23(32)29(22)28(27)21-10-8-9-11-24(21)34-4/h8-13,16-17,20,28,31H,7,14-15H2,1-6H3/t17-,20-,28-/m1/s1. The third kappa shape index (κ3) is 5.08. The van der Waals surface area contributed by atoms with Gasteiger partial charge >= 0.3 is 5.97 Å². The molecule has 7 nitrogen and oxygen atoms in total. The van der Waals surface area contributed by atoms with Gasteiger partial charge in [0.2, 0.25) is 0 Å². The van der Waals surface area contributed by atoms with Crippen molar-refractivity contribution in [1.82, 2.24) is 5.32 Å². The monoisotopic (exact) mass is 505 g/mol. The van der Waals surface area contributed by atoms with E-state index in [1.54, 1.807) is 21.3 Å². The molecule has 0 fully saturated rings. The third-order valence-electron chi connectivity index (χ3n) is 7.26. The summed E-state index contributed by atoms with van der Waals surface area (Å²) in [4.78, 5) is 27.3. The number of ketones is 1. The van der Waals surface area contributed by atoms with E-state index < -0.39 is 11.9 Å². The molecule has 0 unspecified atom stereocenters. The van der Waals surface area contributed by atoms with Gasteiger partial charge in [-0.05, 0) is 56.4 Å². The van der Waals surface area contributed by atoms with Gasteiger partial charge in [0, 0.05) is 29.0 Å². The van der Waals surface area contributed by atoms with Gasteiger partial charge < -0.3 is 24.3 Å². The van der Waals surface area contributed by atoms with E-state index in [0.717, 1.165) is 16.8 Å². The van der Waals surface area contributed by atoms with Crippen LogP contribution in [-0.2, 0) is 14.3 Å². The van der Waals surface area contributed by atoms with E-state index in [1.165, 1.54) is 0 Å². The fourth-order valence-electron chi connectivity index (χ4n) is 5.20. The summed E-state index contributed by atoms with van der Waals surface area (Å²) in [6.07, 6.45) is 1.39. The molecule has 0 spiro atoms. The Bertz CT molecular complexity index is 1260. The number of hydrogen-bond donors (Lipinski definition) is 1. The summed E-state index contributed by atoms with van der Waals surface area (Å²) in [5, 5.41) is 3.40. The highest BCUT2D eigenvalue weighted by atomic mass is 16.5. The maximum absolute atomic E-state index is 13.9. The normalized spacial score (nSPS) is 20.1. The zero-order valence-corrected chi connectivity index (χ0v) is 22.3. The second-order valence-corrected chi connectivity index (χ2v) is 9.50. The molecule has 1 aliphatic carbocycles. The average molecular weight is 506 g/mol. The van der Waals surface area contributed by atoms with Crippen LogP contribution in [0.5, 0.6) is 17.2 Å². The lowest BCUT2D eigenvalue weighted by Crippen LogP contribution is -2.36. The number of hydrogen-bond acceptors (Lipinski definition) is 7.